The first-order valence-corrected chi connectivity index (χ1v) is 13.6. The zero-order valence-electron chi connectivity index (χ0n) is 18.2. The van der Waals surface area contributed by atoms with E-state index in [0.717, 1.165) is 17.0 Å². The van der Waals surface area contributed by atoms with Crippen LogP contribution in [0.2, 0.25) is 0 Å². The maximum absolute atomic E-state index is 11.7. The van der Waals surface area contributed by atoms with Gasteiger partial charge in [-0.2, -0.15) is 8.88 Å². The summed E-state index contributed by atoms with van der Waals surface area (Å²) in [5.41, 5.74) is 7.49. The number of hydrogen-bond donors (Lipinski definition) is 5. The topological polar surface area (TPSA) is 189 Å². The van der Waals surface area contributed by atoms with Crippen LogP contribution in [0.1, 0.15) is 53.3 Å². The molecule has 0 fully saturated rings. The highest BCUT2D eigenvalue weighted by atomic mass is 32.1. The van der Waals surface area contributed by atoms with Crippen molar-refractivity contribution in [2.24, 2.45) is 5.92 Å². The molecule has 3 atom stereocenters. The van der Waals surface area contributed by atoms with Crippen LogP contribution in [0.4, 0.5) is 5.82 Å². The van der Waals surface area contributed by atoms with Gasteiger partial charge in [-0.1, -0.05) is 31.6 Å². The maximum Gasteiger partial charge on any atom is 0.481 e. The Morgan fingerprint density at radius 1 is 1.28 bits per heavy atom. The molecule has 12 nitrogen and oxygen atoms in total. The molecule has 15 heteroatoms. The predicted octanol–water partition coefficient (Wildman–Crippen LogP) is 1.92. The first kappa shape index (κ1) is 27.0. The van der Waals surface area contributed by atoms with Gasteiger partial charge in [0.25, 0.3) is 5.01 Å². The third kappa shape index (κ3) is 7.38. The molecule has 0 aromatic carbocycles. The van der Waals surface area contributed by atoms with E-state index >= 15 is 0 Å². The van der Waals surface area contributed by atoms with Crippen molar-refractivity contribution in [1.29, 1.82) is 0 Å². The molecular formula is C17H29N4O8P2S+. The lowest BCUT2D eigenvalue weighted by Gasteiger charge is -2.13. The van der Waals surface area contributed by atoms with Crippen LogP contribution >= 0.6 is 27.0 Å². The lowest BCUT2D eigenvalue weighted by Crippen LogP contribution is -2.41. The lowest BCUT2D eigenvalue weighted by atomic mass is 10.0. The van der Waals surface area contributed by atoms with Crippen molar-refractivity contribution >= 4 is 32.8 Å². The van der Waals surface area contributed by atoms with Crippen LogP contribution in [0.25, 0.3) is 0 Å². The average molecular weight is 511 g/mol. The minimum absolute atomic E-state index is 0.0238. The molecule has 0 saturated carbocycles. The summed E-state index contributed by atoms with van der Waals surface area (Å²) < 4.78 is 32.8. The van der Waals surface area contributed by atoms with Gasteiger partial charge in [0.05, 0.1) is 17.0 Å². The number of nitrogen functional groups attached to an aromatic ring is 1. The molecule has 0 radical (unpaired) electrons. The Kier molecular flexibility index (Phi) is 9.08. The molecule has 0 aliphatic heterocycles. The molecule has 2 heterocycles. The van der Waals surface area contributed by atoms with Crippen LogP contribution in [0.3, 0.4) is 0 Å². The average Bonchev–Trinajstić information content (AvgIpc) is 2.96. The molecule has 0 spiro atoms. The molecule has 2 aromatic heterocycles. The number of thiazole rings is 1. The Morgan fingerprint density at radius 3 is 2.50 bits per heavy atom. The van der Waals surface area contributed by atoms with Crippen LogP contribution in [0.5, 0.6) is 0 Å². The van der Waals surface area contributed by atoms with Crippen LogP contribution in [-0.4, -0.2) is 36.4 Å². The maximum atomic E-state index is 11.7. The van der Waals surface area contributed by atoms with Gasteiger partial charge in [-0.25, -0.2) is 19.1 Å². The fourth-order valence-corrected chi connectivity index (χ4v) is 5.85. The van der Waals surface area contributed by atoms with Gasteiger partial charge in [0.1, 0.15) is 11.6 Å². The number of phosphoric ester groups is 1. The predicted molar refractivity (Wildman–Crippen MR) is 117 cm³/mol. The quantitative estimate of drug-likeness (QED) is 0.219. The number of aliphatic hydroxyl groups excluding tert-OH is 1. The summed E-state index contributed by atoms with van der Waals surface area (Å²) >= 11 is 1.32. The van der Waals surface area contributed by atoms with Crippen molar-refractivity contribution in [2.75, 3.05) is 12.3 Å². The number of aromatic nitrogens is 3. The largest absolute Gasteiger partial charge is 0.481 e. The molecule has 6 N–H and O–H groups in total. The number of aryl methyl sites for hydroxylation is 1. The van der Waals surface area contributed by atoms with Gasteiger partial charge < -0.3 is 25.5 Å². The molecule has 2 rings (SSSR count). The zero-order chi connectivity index (χ0) is 24.3. The van der Waals surface area contributed by atoms with Crippen molar-refractivity contribution in [3.63, 3.8) is 0 Å². The lowest BCUT2D eigenvalue weighted by molar-refractivity contribution is -0.700. The van der Waals surface area contributed by atoms with E-state index in [1.807, 2.05) is 25.3 Å². The Morgan fingerprint density at radius 2 is 1.94 bits per heavy atom. The van der Waals surface area contributed by atoms with Gasteiger partial charge in [-0.3, -0.25) is 4.52 Å². The van der Waals surface area contributed by atoms with Gasteiger partial charge in [-0.15, -0.1) is 0 Å². The Hall–Kier alpha value is -1.27. The second kappa shape index (κ2) is 10.8. The minimum atomic E-state index is -5.18. The first-order valence-electron chi connectivity index (χ1n) is 9.76. The van der Waals surface area contributed by atoms with Crippen molar-refractivity contribution < 1.29 is 42.3 Å². The summed E-state index contributed by atoms with van der Waals surface area (Å²) in [6, 6.07) is 0. The summed E-state index contributed by atoms with van der Waals surface area (Å²) in [5, 5.41) is 11.6. The van der Waals surface area contributed by atoms with Crippen molar-refractivity contribution in [1.82, 2.24) is 9.97 Å². The number of phosphoric acid groups is 2. The van der Waals surface area contributed by atoms with Crippen molar-refractivity contribution in [3.8, 4) is 0 Å². The van der Waals surface area contributed by atoms with Gasteiger partial charge in [0.2, 0.25) is 0 Å². The SMILES string of the molecule is CC[C@H](C)C(O)c1sc(CCOP(=O)(O)OP(=O)(O)O)c(C)[n+]1Cc1cnc(C)nc1N. The van der Waals surface area contributed by atoms with Crippen LogP contribution in [0.15, 0.2) is 6.20 Å². The number of anilines is 1. The van der Waals surface area contributed by atoms with Gasteiger partial charge in [0, 0.05) is 19.5 Å². The zero-order valence-corrected chi connectivity index (χ0v) is 20.8. The van der Waals surface area contributed by atoms with Crippen molar-refractivity contribution in [2.45, 2.75) is 53.2 Å². The van der Waals surface area contributed by atoms with Crippen LogP contribution in [-0.2, 0) is 30.9 Å². The van der Waals surface area contributed by atoms with Gasteiger partial charge in [0.15, 0.2) is 18.3 Å². The number of rotatable bonds is 11. The molecule has 0 aliphatic rings. The molecule has 180 valence electrons. The van der Waals surface area contributed by atoms with E-state index in [9.17, 15) is 19.1 Å². The van der Waals surface area contributed by atoms with Crippen molar-refractivity contribution in [3.05, 3.63) is 33.2 Å². The summed E-state index contributed by atoms with van der Waals surface area (Å²) in [4.78, 5) is 36.0. The van der Waals surface area contributed by atoms with E-state index in [1.165, 1.54) is 11.3 Å². The van der Waals surface area contributed by atoms with E-state index in [2.05, 4.69) is 18.8 Å². The second-order valence-electron chi connectivity index (χ2n) is 7.32. The highest BCUT2D eigenvalue weighted by Gasteiger charge is 2.34. The van der Waals surface area contributed by atoms with Crippen LogP contribution < -0.4 is 10.3 Å². The molecule has 0 bridgehead atoms. The molecule has 2 unspecified atom stereocenters. The summed E-state index contributed by atoms with van der Waals surface area (Å²) in [7, 11) is -10.1. The van der Waals surface area contributed by atoms with E-state index in [1.54, 1.807) is 13.1 Å². The van der Waals surface area contributed by atoms with E-state index in [-0.39, 0.29) is 18.9 Å². The molecule has 32 heavy (non-hydrogen) atoms. The number of nitrogens with zero attached hydrogens (tertiary/aromatic N) is 3. The second-order valence-corrected chi connectivity index (χ2v) is 11.3. The Labute approximate surface area is 189 Å². The molecule has 2 aromatic rings. The third-order valence-corrected chi connectivity index (χ3v) is 8.48. The fraction of sp³-hybridized carbons (Fsp3) is 0.588. The molecular weight excluding hydrogens is 482 g/mol. The first-order chi connectivity index (χ1) is 14.7. The fourth-order valence-electron chi connectivity index (χ4n) is 2.90. The third-order valence-electron chi connectivity index (χ3n) is 4.88. The Bertz CT molecular complexity index is 1040. The summed E-state index contributed by atoms with van der Waals surface area (Å²) in [6.07, 6.45) is 1.77. The molecule has 0 amide bonds. The van der Waals surface area contributed by atoms with E-state index in [0.29, 0.717) is 28.8 Å². The van der Waals surface area contributed by atoms with Gasteiger partial charge >= 0.3 is 15.6 Å². The number of nitrogens with two attached hydrogens (primary N) is 1. The normalized spacial score (nSPS) is 16.0. The number of aliphatic hydroxyl groups is 1. The molecule has 0 aliphatic carbocycles. The highest BCUT2D eigenvalue weighted by molar-refractivity contribution is 7.60. The summed E-state index contributed by atoms with van der Waals surface area (Å²) in [5.74, 6) is 0.853. The van der Waals surface area contributed by atoms with Gasteiger partial charge in [-0.05, 0) is 12.8 Å². The van der Waals surface area contributed by atoms with Crippen LogP contribution in [0, 0.1) is 19.8 Å². The minimum Gasteiger partial charge on any atom is -0.383 e. The van der Waals surface area contributed by atoms with E-state index < -0.39 is 21.7 Å². The molecule has 0 saturated heterocycles. The smallest absolute Gasteiger partial charge is 0.383 e. The standard InChI is InChI=1S/C17H28N4O8P2S/c1-5-10(2)15(22)17-21(9-13-8-19-12(4)20-16(13)18)11(3)14(32-17)6-7-28-31(26,27)29-30(23,24)25/h8,10,15,22H,5-7,9H2,1-4H3,(H4-,18,19,20,23,24,25,26,27)/p+1/t10-,15?/m0/s1. The highest BCUT2D eigenvalue weighted by Crippen LogP contribution is 2.57. The monoisotopic (exact) mass is 511 g/mol. The van der Waals surface area contributed by atoms with E-state index in [4.69, 9.17) is 15.5 Å². The Balaban J connectivity index is 2.30. The summed E-state index contributed by atoms with van der Waals surface area (Å²) in [6.45, 7) is 7.45. The number of hydrogen-bond acceptors (Lipinski definition) is 9.